The highest BCUT2D eigenvalue weighted by Gasteiger charge is 2.49. The van der Waals surface area contributed by atoms with Crippen LogP contribution in [0, 0.1) is 5.82 Å². The molecule has 3 amide bonds. The van der Waals surface area contributed by atoms with Gasteiger partial charge in [-0.2, -0.15) is 0 Å². The fourth-order valence-corrected chi connectivity index (χ4v) is 3.10. The predicted molar refractivity (Wildman–Crippen MR) is 94.8 cm³/mol. The third-order valence-electron chi connectivity index (χ3n) is 4.57. The number of aromatic nitrogens is 1. The van der Waals surface area contributed by atoms with E-state index in [1.165, 1.54) is 18.4 Å². The fourth-order valence-electron chi connectivity index (χ4n) is 3.10. The van der Waals surface area contributed by atoms with Crippen LogP contribution in [0.5, 0.6) is 0 Å². The number of carbonyl (C=O) groups is 2. The van der Waals surface area contributed by atoms with Crippen LogP contribution in [-0.2, 0) is 16.9 Å². The summed E-state index contributed by atoms with van der Waals surface area (Å²) in [5, 5.41) is 2.74. The van der Waals surface area contributed by atoms with Gasteiger partial charge < -0.3 is 9.73 Å². The Balaban J connectivity index is 1.57. The van der Waals surface area contributed by atoms with Crippen molar-refractivity contribution < 1.29 is 18.4 Å². The molecule has 3 aromatic rings. The smallest absolute Gasteiger partial charge is 0.325 e. The summed E-state index contributed by atoms with van der Waals surface area (Å²) >= 11 is 0. The molecule has 1 aliphatic rings. The van der Waals surface area contributed by atoms with E-state index < -0.39 is 17.4 Å². The summed E-state index contributed by atoms with van der Waals surface area (Å²) in [6.45, 7) is 1.63. The largest absolute Gasteiger partial charge is 0.444 e. The van der Waals surface area contributed by atoms with Crippen molar-refractivity contribution in [2.75, 3.05) is 0 Å². The Labute approximate surface area is 154 Å². The number of amides is 3. The van der Waals surface area contributed by atoms with Crippen molar-refractivity contribution in [1.82, 2.24) is 15.2 Å². The monoisotopic (exact) mass is 365 g/mol. The van der Waals surface area contributed by atoms with Crippen LogP contribution in [0.25, 0.3) is 11.5 Å². The van der Waals surface area contributed by atoms with Gasteiger partial charge in [-0.1, -0.05) is 36.4 Å². The number of rotatable bonds is 4. The minimum absolute atomic E-state index is 0.0358. The Bertz CT molecular complexity index is 1020. The number of hydrogen-bond donors (Lipinski definition) is 1. The Kier molecular flexibility index (Phi) is 3.99. The average Bonchev–Trinajstić information content (AvgIpc) is 3.22. The maximum Gasteiger partial charge on any atom is 0.325 e. The van der Waals surface area contributed by atoms with Gasteiger partial charge in [-0.15, -0.1) is 0 Å². The first kappa shape index (κ1) is 17.0. The van der Waals surface area contributed by atoms with Gasteiger partial charge in [-0.05, 0) is 30.7 Å². The summed E-state index contributed by atoms with van der Waals surface area (Å²) in [6, 6.07) is 14.4. The molecule has 1 saturated heterocycles. The SMILES string of the molecule is CC1(c2ccccc2)NC(=O)N(Cc2coc(-c3cccc(F)c3)n2)C1=O. The second-order valence-electron chi connectivity index (χ2n) is 6.47. The lowest BCUT2D eigenvalue weighted by atomic mass is 9.92. The quantitative estimate of drug-likeness (QED) is 0.719. The molecule has 0 radical (unpaired) electrons. The first-order valence-corrected chi connectivity index (χ1v) is 8.37. The van der Waals surface area contributed by atoms with Crippen LogP contribution >= 0.6 is 0 Å². The molecule has 1 fully saturated rings. The number of carbonyl (C=O) groups excluding carboxylic acids is 2. The summed E-state index contributed by atoms with van der Waals surface area (Å²) < 4.78 is 18.7. The van der Waals surface area contributed by atoms with Gasteiger partial charge in [-0.25, -0.2) is 14.2 Å². The molecular formula is C20H16FN3O3. The van der Waals surface area contributed by atoms with Crippen molar-refractivity contribution >= 4 is 11.9 Å². The van der Waals surface area contributed by atoms with Crippen molar-refractivity contribution in [2.24, 2.45) is 0 Å². The third-order valence-corrected chi connectivity index (χ3v) is 4.57. The molecule has 0 aliphatic carbocycles. The average molecular weight is 365 g/mol. The fraction of sp³-hybridized carbons (Fsp3) is 0.150. The highest BCUT2D eigenvalue weighted by molar-refractivity contribution is 6.07. The lowest BCUT2D eigenvalue weighted by molar-refractivity contribution is -0.131. The van der Waals surface area contributed by atoms with Crippen LogP contribution in [0.3, 0.4) is 0 Å². The second kappa shape index (κ2) is 6.35. The molecule has 2 aromatic carbocycles. The maximum absolute atomic E-state index is 13.4. The summed E-state index contributed by atoms with van der Waals surface area (Å²) in [4.78, 5) is 30.6. The van der Waals surface area contributed by atoms with E-state index in [0.29, 0.717) is 16.8 Å². The first-order valence-electron chi connectivity index (χ1n) is 8.37. The molecule has 0 saturated carbocycles. The molecule has 4 rings (SSSR count). The van der Waals surface area contributed by atoms with Crippen molar-refractivity contribution in [1.29, 1.82) is 0 Å². The van der Waals surface area contributed by atoms with Crippen LogP contribution in [0.1, 0.15) is 18.2 Å². The van der Waals surface area contributed by atoms with Gasteiger partial charge in [0.25, 0.3) is 5.91 Å². The maximum atomic E-state index is 13.4. The van der Waals surface area contributed by atoms with Crippen molar-refractivity contribution in [2.45, 2.75) is 19.0 Å². The van der Waals surface area contributed by atoms with Crippen molar-refractivity contribution in [3.63, 3.8) is 0 Å². The topological polar surface area (TPSA) is 75.4 Å². The number of urea groups is 1. The molecule has 0 bridgehead atoms. The Morgan fingerprint density at radius 1 is 1.15 bits per heavy atom. The Hall–Kier alpha value is -3.48. The number of nitrogens with zero attached hydrogens (tertiary/aromatic N) is 2. The number of oxazole rings is 1. The lowest BCUT2D eigenvalue weighted by Gasteiger charge is -2.21. The lowest BCUT2D eigenvalue weighted by Crippen LogP contribution is -2.40. The molecule has 1 unspecified atom stereocenters. The highest BCUT2D eigenvalue weighted by atomic mass is 19.1. The molecule has 1 N–H and O–H groups in total. The minimum Gasteiger partial charge on any atom is -0.444 e. The van der Waals surface area contributed by atoms with E-state index in [0.717, 1.165) is 4.90 Å². The molecule has 6 nitrogen and oxygen atoms in total. The summed E-state index contributed by atoms with van der Waals surface area (Å²) in [7, 11) is 0. The highest BCUT2D eigenvalue weighted by Crippen LogP contribution is 2.30. The summed E-state index contributed by atoms with van der Waals surface area (Å²) in [6.07, 6.45) is 1.36. The molecule has 136 valence electrons. The van der Waals surface area contributed by atoms with Crippen LogP contribution in [0.15, 0.2) is 65.3 Å². The van der Waals surface area contributed by atoms with E-state index in [-0.39, 0.29) is 18.3 Å². The van der Waals surface area contributed by atoms with Crippen molar-refractivity contribution in [3.05, 3.63) is 77.9 Å². The van der Waals surface area contributed by atoms with Crippen LogP contribution in [0.2, 0.25) is 0 Å². The van der Waals surface area contributed by atoms with Crippen LogP contribution in [0.4, 0.5) is 9.18 Å². The summed E-state index contributed by atoms with van der Waals surface area (Å²) in [5.74, 6) is -0.545. The minimum atomic E-state index is -1.13. The normalized spacial score (nSPS) is 19.4. The molecule has 27 heavy (non-hydrogen) atoms. The summed E-state index contributed by atoms with van der Waals surface area (Å²) in [5.41, 5.74) is 0.446. The van der Waals surface area contributed by atoms with Crippen LogP contribution in [-0.4, -0.2) is 21.8 Å². The van der Waals surface area contributed by atoms with Gasteiger partial charge in [0.05, 0.1) is 12.2 Å². The zero-order valence-corrected chi connectivity index (χ0v) is 14.5. The Morgan fingerprint density at radius 2 is 1.93 bits per heavy atom. The predicted octanol–water partition coefficient (Wildman–Crippen LogP) is 3.45. The second-order valence-corrected chi connectivity index (χ2v) is 6.47. The number of hydrogen-bond acceptors (Lipinski definition) is 4. The standard InChI is InChI=1S/C20H16FN3O3/c1-20(14-7-3-2-4-8-14)18(25)24(19(26)23-20)11-16-12-27-17(22-16)13-6-5-9-15(21)10-13/h2-10,12H,11H2,1H3,(H,23,26). The van der Waals surface area contributed by atoms with Gasteiger partial charge in [0.2, 0.25) is 5.89 Å². The molecule has 1 atom stereocenters. The van der Waals surface area contributed by atoms with E-state index in [1.54, 1.807) is 31.2 Å². The number of imide groups is 1. The zero-order valence-electron chi connectivity index (χ0n) is 14.5. The molecule has 1 aliphatic heterocycles. The molecular weight excluding hydrogens is 349 g/mol. The Morgan fingerprint density at radius 3 is 2.67 bits per heavy atom. The molecule has 2 heterocycles. The van der Waals surface area contributed by atoms with Gasteiger partial charge in [0, 0.05) is 5.56 Å². The zero-order chi connectivity index (χ0) is 19.0. The third kappa shape index (κ3) is 2.97. The van der Waals surface area contributed by atoms with Gasteiger partial charge >= 0.3 is 6.03 Å². The number of halogens is 1. The van der Waals surface area contributed by atoms with E-state index in [1.807, 2.05) is 18.2 Å². The van der Waals surface area contributed by atoms with E-state index in [2.05, 4.69) is 10.3 Å². The van der Waals surface area contributed by atoms with Crippen molar-refractivity contribution in [3.8, 4) is 11.5 Å². The molecule has 0 spiro atoms. The first-order chi connectivity index (χ1) is 13.0. The number of benzene rings is 2. The van der Waals surface area contributed by atoms with E-state index in [9.17, 15) is 14.0 Å². The van der Waals surface area contributed by atoms with Gasteiger partial charge in [0.1, 0.15) is 17.6 Å². The number of nitrogens with one attached hydrogen (secondary N) is 1. The van der Waals surface area contributed by atoms with Crippen LogP contribution < -0.4 is 5.32 Å². The molecule has 7 heteroatoms. The van der Waals surface area contributed by atoms with E-state index >= 15 is 0 Å². The van der Waals surface area contributed by atoms with Gasteiger partial charge in [0.15, 0.2) is 0 Å². The van der Waals surface area contributed by atoms with E-state index in [4.69, 9.17) is 4.42 Å². The molecule has 1 aromatic heterocycles. The van der Waals surface area contributed by atoms with Gasteiger partial charge in [-0.3, -0.25) is 9.69 Å².